The summed E-state index contributed by atoms with van der Waals surface area (Å²) in [6, 6.07) is 8.29. The molecule has 152 valence electrons. The molecule has 4 heteroatoms. The summed E-state index contributed by atoms with van der Waals surface area (Å²) in [7, 11) is 0. The number of epoxide rings is 2. The van der Waals surface area contributed by atoms with E-state index in [2.05, 4.69) is 45.1 Å². The van der Waals surface area contributed by atoms with Gasteiger partial charge in [-0.2, -0.15) is 0 Å². The largest absolute Gasteiger partial charge is 0.491 e. The molecule has 0 bridgehead atoms. The highest BCUT2D eigenvalue weighted by Crippen LogP contribution is 2.40. The van der Waals surface area contributed by atoms with E-state index >= 15 is 0 Å². The zero-order valence-corrected chi connectivity index (χ0v) is 17.4. The Hall–Kier alpha value is -2.04. The fraction of sp³-hybridized carbons (Fsp3) is 0.500. The maximum Gasteiger partial charge on any atom is 0.122 e. The van der Waals surface area contributed by atoms with Gasteiger partial charge in [-0.1, -0.05) is 57.2 Å². The van der Waals surface area contributed by atoms with E-state index in [-0.39, 0.29) is 23.5 Å². The molecule has 2 aliphatic rings. The van der Waals surface area contributed by atoms with Crippen LogP contribution in [0.2, 0.25) is 0 Å². The summed E-state index contributed by atoms with van der Waals surface area (Å²) in [6.07, 6.45) is 10.8. The van der Waals surface area contributed by atoms with Crippen molar-refractivity contribution < 1.29 is 18.9 Å². The summed E-state index contributed by atoms with van der Waals surface area (Å²) in [5.74, 6) is 2.07. The zero-order valence-electron chi connectivity index (χ0n) is 17.4. The molecule has 0 aromatic heterocycles. The van der Waals surface area contributed by atoms with Crippen LogP contribution < -0.4 is 4.74 Å². The Kier molecular flexibility index (Phi) is 6.97. The van der Waals surface area contributed by atoms with Crippen LogP contribution in [0, 0.1) is 5.41 Å². The number of allylic oxidation sites excluding steroid dienone is 5. The van der Waals surface area contributed by atoms with Crippen molar-refractivity contribution in [3.8, 4) is 5.75 Å². The van der Waals surface area contributed by atoms with Crippen LogP contribution in [-0.2, 0) is 14.2 Å². The monoisotopic (exact) mass is 384 g/mol. The van der Waals surface area contributed by atoms with Crippen LogP contribution in [0.15, 0.2) is 60.4 Å². The van der Waals surface area contributed by atoms with Gasteiger partial charge in [-0.25, -0.2) is 0 Å². The molecule has 0 spiro atoms. The highest BCUT2D eigenvalue weighted by atomic mass is 16.6. The summed E-state index contributed by atoms with van der Waals surface area (Å²) in [4.78, 5) is 0. The van der Waals surface area contributed by atoms with Gasteiger partial charge in [-0.3, -0.25) is 0 Å². The molecule has 0 aliphatic carbocycles. The zero-order chi connectivity index (χ0) is 20.0. The Labute approximate surface area is 168 Å². The number of ether oxygens (including phenoxy) is 4. The topological polar surface area (TPSA) is 43.5 Å². The molecule has 3 rings (SSSR count). The summed E-state index contributed by atoms with van der Waals surface area (Å²) in [5.41, 5.74) is 1.13. The van der Waals surface area contributed by atoms with Crippen LogP contribution in [-0.4, -0.2) is 38.6 Å². The van der Waals surface area contributed by atoms with Crippen LogP contribution in [0.4, 0.5) is 0 Å². The second-order valence-corrected chi connectivity index (χ2v) is 8.04. The second kappa shape index (κ2) is 9.44. The second-order valence-electron chi connectivity index (χ2n) is 8.04. The molecule has 4 nitrogen and oxygen atoms in total. The maximum absolute atomic E-state index is 6.02. The molecule has 2 fully saturated rings. The number of rotatable bonds is 11. The maximum atomic E-state index is 6.02. The average Bonchev–Trinajstić information content (AvgIpc) is 3.60. The minimum atomic E-state index is -0.0794. The van der Waals surface area contributed by atoms with Crippen molar-refractivity contribution in [3.05, 3.63) is 66.0 Å². The molecule has 2 heterocycles. The van der Waals surface area contributed by atoms with Crippen LogP contribution in [0.1, 0.15) is 39.2 Å². The predicted octanol–water partition coefficient (Wildman–Crippen LogP) is 5.03. The third kappa shape index (κ3) is 6.25. The fourth-order valence-electron chi connectivity index (χ4n) is 2.86. The van der Waals surface area contributed by atoms with Crippen molar-refractivity contribution in [2.24, 2.45) is 5.41 Å². The van der Waals surface area contributed by atoms with Gasteiger partial charge in [0.1, 0.15) is 36.9 Å². The number of benzene rings is 1. The first-order valence-corrected chi connectivity index (χ1v) is 10.1. The van der Waals surface area contributed by atoms with Crippen molar-refractivity contribution in [1.29, 1.82) is 0 Å². The molecule has 1 aromatic carbocycles. The molecule has 0 saturated carbocycles. The lowest BCUT2D eigenvalue weighted by atomic mass is 9.75. The summed E-state index contributed by atoms with van der Waals surface area (Å²) < 4.78 is 22.4. The Morgan fingerprint density at radius 2 is 1.86 bits per heavy atom. The normalized spacial score (nSPS) is 23.2. The van der Waals surface area contributed by atoms with Crippen LogP contribution in [0.25, 0.3) is 0 Å². The Balaban J connectivity index is 1.69. The quantitative estimate of drug-likeness (QED) is 0.305. The molecule has 2 saturated heterocycles. The molecule has 3 atom stereocenters. The van der Waals surface area contributed by atoms with Crippen molar-refractivity contribution >= 4 is 0 Å². The van der Waals surface area contributed by atoms with E-state index in [4.69, 9.17) is 18.9 Å². The van der Waals surface area contributed by atoms with E-state index in [1.54, 1.807) is 0 Å². The van der Waals surface area contributed by atoms with Gasteiger partial charge in [0.15, 0.2) is 0 Å². The van der Waals surface area contributed by atoms with E-state index in [9.17, 15) is 0 Å². The van der Waals surface area contributed by atoms with Gasteiger partial charge in [0.25, 0.3) is 0 Å². The van der Waals surface area contributed by atoms with Gasteiger partial charge in [0, 0.05) is 0 Å². The molecule has 0 amide bonds. The van der Waals surface area contributed by atoms with E-state index in [0.717, 1.165) is 24.7 Å². The van der Waals surface area contributed by atoms with Gasteiger partial charge in [0.05, 0.1) is 13.2 Å². The third-order valence-electron chi connectivity index (χ3n) is 5.30. The smallest absolute Gasteiger partial charge is 0.122 e. The van der Waals surface area contributed by atoms with Crippen LogP contribution in [0.5, 0.6) is 5.75 Å². The van der Waals surface area contributed by atoms with Crippen molar-refractivity contribution in [2.75, 3.05) is 26.4 Å². The van der Waals surface area contributed by atoms with Gasteiger partial charge in [-0.05, 0) is 42.0 Å². The standard InChI is InChI=1S/C24H32O4/c1-5-6-9-19(25-14-20-15-26-20)12-13-24(3,4)18(2)22-10-7-8-11-23(22)28-17-21-16-27-21/h5-13,18,20-21H,14-17H2,1-4H3/b6-5-,13-12+,19-9+. The summed E-state index contributed by atoms with van der Waals surface area (Å²) >= 11 is 0. The molecule has 0 N–H and O–H groups in total. The Morgan fingerprint density at radius 3 is 2.54 bits per heavy atom. The highest BCUT2D eigenvalue weighted by Gasteiger charge is 2.29. The van der Waals surface area contributed by atoms with Crippen LogP contribution in [0.3, 0.4) is 0 Å². The fourth-order valence-corrected chi connectivity index (χ4v) is 2.86. The molecule has 28 heavy (non-hydrogen) atoms. The van der Waals surface area contributed by atoms with Crippen LogP contribution >= 0.6 is 0 Å². The van der Waals surface area contributed by atoms with Gasteiger partial charge in [-0.15, -0.1) is 0 Å². The minimum absolute atomic E-state index is 0.0794. The van der Waals surface area contributed by atoms with E-state index < -0.39 is 0 Å². The lowest BCUT2D eigenvalue weighted by molar-refractivity contribution is 0.192. The third-order valence-corrected chi connectivity index (χ3v) is 5.30. The van der Waals surface area contributed by atoms with E-state index in [1.807, 2.05) is 37.3 Å². The molecule has 0 radical (unpaired) electrons. The Morgan fingerprint density at radius 1 is 1.18 bits per heavy atom. The number of hydrogen-bond donors (Lipinski definition) is 0. The molecular formula is C24H32O4. The van der Waals surface area contributed by atoms with E-state index in [1.165, 1.54) is 5.56 Å². The SMILES string of the molecule is C\C=C/C=C(\C=C\C(C)(C)C(C)c1ccccc1OCC1CO1)OCC1CO1. The van der Waals surface area contributed by atoms with E-state index in [0.29, 0.717) is 13.2 Å². The highest BCUT2D eigenvalue weighted by molar-refractivity contribution is 5.38. The first-order chi connectivity index (χ1) is 13.5. The van der Waals surface area contributed by atoms with Crippen molar-refractivity contribution in [1.82, 2.24) is 0 Å². The molecule has 2 aliphatic heterocycles. The lowest BCUT2D eigenvalue weighted by Crippen LogP contribution is -2.19. The molecule has 3 unspecified atom stereocenters. The van der Waals surface area contributed by atoms with Crippen molar-refractivity contribution in [2.45, 2.75) is 45.8 Å². The summed E-state index contributed by atoms with van der Waals surface area (Å²) in [6.45, 7) is 11.5. The van der Waals surface area contributed by atoms with Gasteiger partial charge < -0.3 is 18.9 Å². The van der Waals surface area contributed by atoms with Crippen molar-refractivity contribution in [3.63, 3.8) is 0 Å². The first-order valence-electron chi connectivity index (χ1n) is 10.1. The lowest BCUT2D eigenvalue weighted by Gasteiger charge is -2.30. The number of hydrogen-bond acceptors (Lipinski definition) is 4. The predicted molar refractivity (Wildman–Crippen MR) is 112 cm³/mol. The molecular weight excluding hydrogens is 352 g/mol. The Bertz CT molecular complexity index is 724. The minimum Gasteiger partial charge on any atom is -0.491 e. The average molecular weight is 385 g/mol. The summed E-state index contributed by atoms with van der Waals surface area (Å²) in [5, 5.41) is 0. The number of para-hydroxylation sites is 1. The van der Waals surface area contributed by atoms with Gasteiger partial charge in [0.2, 0.25) is 0 Å². The first kappa shape index (κ1) is 20.7. The molecule has 1 aromatic rings. The van der Waals surface area contributed by atoms with Gasteiger partial charge >= 0.3 is 0 Å².